The van der Waals surface area contributed by atoms with Crippen molar-refractivity contribution in [1.29, 1.82) is 0 Å². The molecule has 1 aromatic carbocycles. The van der Waals surface area contributed by atoms with Crippen LogP contribution in [0.2, 0.25) is 5.02 Å². The van der Waals surface area contributed by atoms with Gasteiger partial charge in [-0.2, -0.15) is 0 Å². The van der Waals surface area contributed by atoms with E-state index in [0.717, 1.165) is 10.5 Å². The highest BCUT2D eigenvalue weighted by molar-refractivity contribution is 6.45. The van der Waals surface area contributed by atoms with Crippen LogP contribution in [0.3, 0.4) is 0 Å². The zero-order chi connectivity index (χ0) is 17.1. The molecule has 0 aromatic heterocycles. The van der Waals surface area contributed by atoms with Crippen LogP contribution in [0.5, 0.6) is 0 Å². The Morgan fingerprint density at radius 1 is 1.17 bits per heavy atom. The Labute approximate surface area is 138 Å². The van der Waals surface area contributed by atoms with Gasteiger partial charge in [0.15, 0.2) is 0 Å². The van der Waals surface area contributed by atoms with Gasteiger partial charge in [0.1, 0.15) is 6.54 Å². The molecule has 1 saturated heterocycles. The van der Waals surface area contributed by atoms with Gasteiger partial charge in [0.05, 0.1) is 0 Å². The summed E-state index contributed by atoms with van der Waals surface area (Å²) in [6, 6.07) is 6.26. The number of urea groups is 1. The summed E-state index contributed by atoms with van der Waals surface area (Å²) in [7, 11) is 1.55. The van der Waals surface area contributed by atoms with Crippen molar-refractivity contribution >= 4 is 35.4 Å². The van der Waals surface area contributed by atoms with E-state index >= 15 is 0 Å². The minimum absolute atomic E-state index is 0.0897. The predicted molar refractivity (Wildman–Crippen MR) is 82.4 cm³/mol. The fourth-order valence-corrected chi connectivity index (χ4v) is 2.43. The summed E-state index contributed by atoms with van der Waals surface area (Å²) in [6.45, 7) is 1.49. The van der Waals surface area contributed by atoms with E-state index in [1.807, 2.05) is 6.07 Å². The lowest BCUT2D eigenvalue weighted by molar-refractivity contribution is -0.144. The molecule has 1 aliphatic heterocycles. The van der Waals surface area contributed by atoms with Crippen molar-refractivity contribution in [2.45, 2.75) is 13.5 Å². The second-order valence-electron chi connectivity index (χ2n) is 5.10. The van der Waals surface area contributed by atoms with Crippen LogP contribution in [0.4, 0.5) is 4.79 Å². The number of hydrogen-bond donors (Lipinski definition) is 0. The maximum absolute atomic E-state index is 12.2. The Bertz CT molecular complexity index is 676. The van der Waals surface area contributed by atoms with Gasteiger partial charge in [0.25, 0.3) is 0 Å². The molecule has 1 fully saturated rings. The molecule has 1 heterocycles. The minimum Gasteiger partial charge on any atom is -0.340 e. The monoisotopic (exact) mass is 337 g/mol. The number of halogens is 1. The van der Waals surface area contributed by atoms with E-state index in [1.165, 1.54) is 4.90 Å². The number of nitrogens with zero attached hydrogens (tertiary/aromatic N) is 3. The van der Waals surface area contributed by atoms with E-state index in [1.54, 1.807) is 32.2 Å². The molecule has 0 aliphatic carbocycles. The zero-order valence-corrected chi connectivity index (χ0v) is 13.5. The van der Waals surface area contributed by atoms with Crippen LogP contribution in [0, 0.1) is 0 Å². The molecule has 122 valence electrons. The van der Waals surface area contributed by atoms with Crippen LogP contribution >= 0.6 is 11.6 Å². The number of hydrogen-bond acceptors (Lipinski definition) is 4. The third kappa shape index (κ3) is 3.50. The predicted octanol–water partition coefficient (Wildman–Crippen LogP) is 1.11. The molecule has 0 N–H and O–H groups in total. The van der Waals surface area contributed by atoms with Gasteiger partial charge in [-0.15, -0.1) is 0 Å². The Morgan fingerprint density at radius 2 is 1.83 bits per heavy atom. The van der Waals surface area contributed by atoms with Crippen LogP contribution in [-0.2, 0) is 20.9 Å². The Balaban J connectivity index is 2.02. The maximum atomic E-state index is 12.2. The number of imide groups is 2. The average molecular weight is 338 g/mol. The quantitative estimate of drug-likeness (QED) is 0.595. The summed E-state index contributed by atoms with van der Waals surface area (Å²) in [5, 5.41) is 0.553. The second kappa shape index (κ2) is 6.78. The van der Waals surface area contributed by atoms with Crippen molar-refractivity contribution in [1.82, 2.24) is 14.7 Å². The zero-order valence-electron chi connectivity index (χ0n) is 12.8. The van der Waals surface area contributed by atoms with E-state index < -0.39 is 30.3 Å². The molecule has 2 rings (SSSR count). The normalized spacial score (nSPS) is 14.7. The van der Waals surface area contributed by atoms with Crippen LogP contribution in [-0.4, -0.2) is 58.6 Å². The Kier molecular flexibility index (Phi) is 5.00. The van der Waals surface area contributed by atoms with E-state index in [2.05, 4.69) is 0 Å². The fourth-order valence-electron chi connectivity index (χ4n) is 2.22. The average Bonchev–Trinajstić information content (AvgIpc) is 2.70. The van der Waals surface area contributed by atoms with Crippen molar-refractivity contribution in [3.63, 3.8) is 0 Å². The number of carbonyl (C=O) groups is 4. The second-order valence-corrected chi connectivity index (χ2v) is 5.54. The van der Waals surface area contributed by atoms with Gasteiger partial charge in [-0.1, -0.05) is 23.7 Å². The highest BCUT2D eigenvalue weighted by Gasteiger charge is 2.44. The minimum atomic E-state index is -0.971. The first kappa shape index (κ1) is 17.0. The summed E-state index contributed by atoms with van der Waals surface area (Å²) >= 11 is 5.89. The van der Waals surface area contributed by atoms with Gasteiger partial charge < -0.3 is 4.90 Å². The molecule has 1 aromatic rings. The smallest absolute Gasteiger partial charge is 0.334 e. The summed E-state index contributed by atoms with van der Waals surface area (Å²) in [6.07, 6.45) is 0. The van der Waals surface area contributed by atoms with Gasteiger partial charge >= 0.3 is 17.8 Å². The van der Waals surface area contributed by atoms with Gasteiger partial charge in [0, 0.05) is 25.2 Å². The molecule has 0 atom stereocenters. The molecular formula is C15H16ClN3O4. The van der Waals surface area contributed by atoms with Crippen LogP contribution in [0.15, 0.2) is 24.3 Å². The Morgan fingerprint density at radius 3 is 2.39 bits per heavy atom. The molecule has 0 unspecified atom stereocenters. The van der Waals surface area contributed by atoms with Crippen molar-refractivity contribution in [2.75, 3.05) is 20.1 Å². The summed E-state index contributed by atoms with van der Waals surface area (Å²) < 4.78 is 0. The van der Waals surface area contributed by atoms with Crippen LogP contribution in [0.25, 0.3) is 0 Å². The first-order valence-electron chi connectivity index (χ1n) is 7.00. The van der Waals surface area contributed by atoms with E-state index in [-0.39, 0.29) is 13.1 Å². The lowest BCUT2D eigenvalue weighted by atomic mass is 10.2. The fraction of sp³-hybridized carbons (Fsp3) is 0.333. The van der Waals surface area contributed by atoms with Gasteiger partial charge in [-0.25, -0.2) is 9.69 Å². The molecule has 23 heavy (non-hydrogen) atoms. The van der Waals surface area contributed by atoms with Crippen molar-refractivity contribution in [2.24, 2.45) is 0 Å². The third-order valence-electron chi connectivity index (χ3n) is 3.48. The Hall–Kier alpha value is -2.41. The van der Waals surface area contributed by atoms with E-state index in [4.69, 9.17) is 11.6 Å². The lowest BCUT2D eigenvalue weighted by Crippen LogP contribution is -2.42. The number of rotatable bonds is 5. The summed E-state index contributed by atoms with van der Waals surface area (Å²) in [5.41, 5.74) is 0.818. The highest BCUT2D eigenvalue weighted by atomic mass is 35.5. The molecule has 0 radical (unpaired) electrons. The molecule has 1 aliphatic rings. The summed E-state index contributed by atoms with van der Waals surface area (Å²) in [4.78, 5) is 50.4. The standard InChI is InChI=1S/C15H16ClN3O4/c1-3-18-13(21)14(22)19(15(18)23)9-12(20)17(2)8-10-5-4-6-11(16)7-10/h4-7H,3,8-9H2,1-2H3. The molecule has 0 spiro atoms. The summed E-state index contributed by atoms with van der Waals surface area (Å²) in [5.74, 6) is -2.32. The molecule has 5 amide bonds. The van der Waals surface area contributed by atoms with Crippen molar-refractivity contribution in [3.05, 3.63) is 34.9 Å². The molecule has 8 heteroatoms. The number of benzene rings is 1. The van der Waals surface area contributed by atoms with E-state index in [9.17, 15) is 19.2 Å². The number of likely N-dealkylation sites (N-methyl/N-ethyl adjacent to an activating group) is 2. The number of carbonyl (C=O) groups excluding carboxylic acids is 4. The molecular weight excluding hydrogens is 322 g/mol. The van der Waals surface area contributed by atoms with Gasteiger partial charge in [-0.05, 0) is 24.6 Å². The van der Waals surface area contributed by atoms with Crippen LogP contribution in [0.1, 0.15) is 12.5 Å². The number of amides is 5. The highest BCUT2D eigenvalue weighted by Crippen LogP contribution is 2.14. The first-order chi connectivity index (χ1) is 10.8. The van der Waals surface area contributed by atoms with Gasteiger partial charge in [0.2, 0.25) is 5.91 Å². The molecule has 0 bridgehead atoms. The van der Waals surface area contributed by atoms with Crippen LogP contribution < -0.4 is 0 Å². The molecule has 7 nitrogen and oxygen atoms in total. The van der Waals surface area contributed by atoms with E-state index in [0.29, 0.717) is 9.92 Å². The third-order valence-corrected chi connectivity index (χ3v) is 3.71. The van der Waals surface area contributed by atoms with Crippen molar-refractivity contribution in [3.8, 4) is 0 Å². The largest absolute Gasteiger partial charge is 0.340 e. The molecule has 0 saturated carbocycles. The SMILES string of the molecule is CCN1C(=O)C(=O)N(CC(=O)N(C)Cc2cccc(Cl)c2)C1=O. The maximum Gasteiger partial charge on any atom is 0.334 e. The van der Waals surface area contributed by atoms with Crippen molar-refractivity contribution < 1.29 is 19.2 Å². The van der Waals surface area contributed by atoms with Gasteiger partial charge in [-0.3, -0.25) is 19.3 Å². The lowest BCUT2D eigenvalue weighted by Gasteiger charge is -2.20. The topological polar surface area (TPSA) is 78.0 Å². The first-order valence-corrected chi connectivity index (χ1v) is 7.38.